The number of halogens is 2. The lowest BCUT2D eigenvalue weighted by atomic mass is 10.1. The van der Waals surface area contributed by atoms with E-state index in [0.29, 0.717) is 5.56 Å². The fourth-order valence-electron chi connectivity index (χ4n) is 2.12. The lowest BCUT2D eigenvalue weighted by molar-refractivity contribution is 0.0940. The van der Waals surface area contributed by atoms with Gasteiger partial charge in [-0.15, -0.1) is 24.8 Å². The van der Waals surface area contributed by atoms with Gasteiger partial charge in [-0.1, -0.05) is 0 Å². The number of hydrogen-bond donors (Lipinski definition) is 3. The number of fused-ring (bicyclic) bond motifs is 1. The fourth-order valence-corrected chi connectivity index (χ4v) is 2.12. The highest BCUT2D eigenvalue weighted by Gasteiger charge is 2.17. The van der Waals surface area contributed by atoms with Crippen LogP contribution in [0.1, 0.15) is 16.8 Å². The predicted octanol–water partition coefficient (Wildman–Crippen LogP) is 1.50. The standard InChI is InChI=1S/C12H14N4O.2ClH/c17-12(16-9-3-4-13-6-9)8-1-2-10-11(5-8)15-7-14-10;;/h1-2,5,7,9,13H,3-4,6H2,(H,14,15)(H,16,17);2*1H/t9-;;/m1../s1. The molecule has 19 heavy (non-hydrogen) atoms. The third-order valence-electron chi connectivity index (χ3n) is 3.08. The van der Waals surface area contributed by atoms with Gasteiger partial charge in [0.05, 0.1) is 17.4 Å². The molecule has 1 aromatic heterocycles. The van der Waals surface area contributed by atoms with Crippen molar-refractivity contribution >= 4 is 41.8 Å². The van der Waals surface area contributed by atoms with Crippen molar-refractivity contribution in [1.29, 1.82) is 0 Å². The lowest BCUT2D eigenvalue weighted by Gasteiger charge is -2.11. The average Bonchev–Trinajstić information content (AvgIpc) is 2.97. The maximum atomic E-state index is 12.0. The molecule has 5 nitrogen and oxygen atoms in total. The van der Waals surface area contributed by atoms with E-state index in [1.54, 1.807) is 12.4 Å². The molecule has 3 N–H and O–H groups in total. The van der Waals surface area contributed by atoms with Crippen molar-refractivity contribution in [3.63, 3.8) is 0 Å². The van der Waals surface area contributed by atoms with Gasteiger partial charge in [-0.05, 0) is 31.2 Å². The van der Waals surface area contributed by atoms with Crippen LogP contribution in [0.5, 0.6) is 0 Å². The summed E-state index contributed by atoms with van der Waals surface area (Å²) >= 11 is 0. The van der Waals surface area contributed by atoms with Gasteiger partial charge in [0.1, 0.15) is 0 Å². The second-order valence-electron chi connectivity index (χ2n) is 4.30. The van der Waals surface area contributed by atoms with E-state index in [1.165, 1.54) is 0 Å². The van der Waals surface area contributed by atoms with Crippen LogP contribution >= 0.6 is 24.8 Å². The molecule has 7 heteroatoms. The summed E-state index contributed by atoms with van der Waals surface area (Å²) in [5.41, 5.74) is 2.44. The van der Waals surface area contributed by atoms with Crippen molar-refractivity contribution in [2.24, 2.45) is 0 Å². The monoisotopic (exact) mass is 302 g/mol. The molecule has 1 aliphatic rings. The Labute approximate surface area is 123 Å². The topological polar surface area (TPSA) is 69.8 Å². The molecule has 0 unspecified atom stereocenters. The number of aromatic nitrogens is 2. The smallest absolute Gasteiger partial charge is 0.251 e. The van der Waals surface area contributed by atoms with Crippen LogP contribution in [0.4, 0.5) is 0 Å². The molecule has 3 rings (SSSR count). The van der Waals surface area contributed by atoms with Gasteiger partial charge in [0.25, 0.3) is 5.91 Å². The van der Waals surface area contributed by atoms with Crippen molar-refractivity contribution < 1.29 is 4.79 Å². The first-order chi connectivity index (χ1) is 8.33. The Hall–Kier alpha value is -1.30. The zero-order chi connectivity index (χ0) is 11.7. The van der Waals surface area contributed by atoms with E-state index in [0.717, 1.165) is 30.5 Å². The summed E-state index contributed by atoms with van der Waals surface area (Å²) in [5, 5.41) is 6.24. The predicted molar refractivity (Wildman–Crippen MR) is 79.3 cm³/mol. The molecule has 1 saturated heterocycles. The summed E-state index contributed by atoms with van der Waals surface area (Å²) in [5.74, 6) is -0.0183. The minimum absolute atomic E-state index is 0. The number of hydrogen-bond acceptors (Lipinski definition) is 3. The van der Waals surface area contributed by atoms with Gasteiger partial charge in [0, 0.05) is 18.2 Å². The first kappa shape index (κ1) is 15.8. The molecule has 1 atom stereocenters. The molecule has 2 heterocycles. The Morgan fingerprint density at radius 2 is 2.21 bits per heavy atom. The third-order valence-corrected chi connectivity index (χ3v) is 3.08. The minimum atomic E-state index is -0.0183. The van der Waals surface area contributed by atoms with Gasteiger partial charge in [-0.3, -0.25) is 4.79 Å². The maximum absolute atomic E-state index is 12.0. The SMILES string of the molecule is Cl.Cl.O=C(N[C@@H]1CCNC1)c1ccc2nc[nH]c2c1. The molecule has 1 fully saturated rings. The molecule has 0 saturated carbocycles. The number of imidazole rings is 1. The number of carbonyl (C=O) groups excluding carboxylic acids is 1. The Morgan fingerprint density at radius 1 is 1.37 bits per heavy atom. The van der Waals surface area contributed by atoms with Crippen LogP contribution in [0.3, 0.4) is 0 Å². The lowest BCUT2D eigenvalue weighted by Crippen LogP contribution is -2.36. The minimum Gasteiger partial charge on any atom is -0.348 e. The van der Waals surface area contributed by atoms with Gasteiger partial charge in [0.15, 0.2) is 0 Å². The molecule has 1 amide bonds. The summed E-state index contributed by atoms with van der Waals surface area (Å²) in [6.07, 6.45) is 2.63. The molecular formula is C12H16Cl2N4O. The molecular weight excluding hydrogens is 287 g/mol. The van der Waals surface area contributed by atoms with E-state index in [1.807, 2.05) is 12.1 Å². The molecule has 1 aliphatic heterocycles. The second kappa shape index (κ2) is 6.75. The van der Waals surface area contributed by atoms with Crippen LogP contribution in [-0.4, -0.2) is 35.0 Å². The highest BCUT2D eigenvalue weighted by Crippen LogP contribution is 2.12. The van der Waals surface area contributed by atoms with Crippen LogP contribution in [0.25, 0.3) is 11.0 Å². The normalized spacial score (nSPS) is 17.6. The van der Waals surface area contributed by atoms with Crippen molar-refractivity contribution in [2.75, 3.05) is 13.1 Å². The molecule has 1 aromatic carbocycles. The van der Waals surface area contributed by atoms with Crippen LogP contribution in [0.15, 0.2) is 24.5 Å². The van der Waals surface area contributed by atoms with Gasteiger partial charge >= 0.3 is 0 Å². The van der Waals surface area contributed by atoms with E-state index < -0.39 is 0 Å². The van der Waals surface area contributed by atoms with E-state index in [-0.39, 0.29) is 36.8 Å². The first-order valence-corrected chi connectivity index (χ1v) is 5.77. The molecule has 104 valence electrons. The first-order valence-electron chi connectivity index (χ1n) is 5.77. The third kappa shape index (κ3) is 3.37. The van der Waals surface area contributed by atoms with Crippen LogP contribution in [0, 0.1) is 0 Å². The zero-order valence-corrected chi connectivity index (χ0v) is 11.8. The fraction of sp³-hybridized carbons (Fsp3) is 0.333. The van der Waals surface area contributed by atoms with E-state index in [2.05, 4.69) is 20.6 Å². The Morgan fingerprint density at radius 3 is 2.95 bits per heavy atom. The summed E-state index contributed by atoms with van der Waals surface area (Å²) in [4.78, 5) is 19.1. The van der Waals surface area contributed by atoms with Gasteiger partial charge in [-0.25, -0.2) is 4.98 Å². The molecule has 0 bridgehead atoms. The van der Waals surface area contributed by atoms with Crippen molar-refractivity contribution in [3.05, 3.63) is 30.1 Å². The van der Waals surface area contributed by atoms with E-state index >= 15 is 0 Å². The van der Waals surface area contributed by atoms with Crippen molar-refractivity contribution in [1.82, 2.24) is 20.6 Å². The maximum Gasteiger partial charge on any atom is 0.251 e. The van der Waals surface area contributed by atoms with Crippen LogP contribution < -0.4 is 10.6 Å². The summed E-state index contributed by atoms with van der Waals surface area (Å²) in [7, 11) is 0. The number of amides is 1. The van der Waals surface area contributed by atoms with Crippen LogP contribution in [-0.2, 0) is 0 Å². The highest BCUT2D eigenvalue weighted by atomic mass is 35.5. The average molecular weight is 303 g/mol. The number of nitrogens with zero attached hydrogens (tertiary/aromatic N) is 1. The Bertz CT molecular complexity index is 551. The molecule has 2 aromatic rings. The summed E-state index contributed by atoms with van der Waals surface area (Å²) in [6, 6.07) is 5.74. The highest BCUT2D eigenvalue weighted by molar-refractivity contribution is 5.97. The number of aromatic amines is 1. The zero-order valence-electron chi connectivity index (χ0n) is 10.2. The number of carbonyl (C=O) groups is 1. The van der Waals surface area contributed by atoms with E-state index in [4.69, 9.17) is 0 Å². The number of nitrogens with one attached hydrogen (secondary N) is 3. The summed E-state index contributed by atoms with van der Waals surface area (Å²) < 4.78 is 0. The number of benzene rings is 1. The largest absolute Gasteiger partial charge is 0.348 e. The van der Waals surface area contributed by atoms with E-state index in [9.17, 15) is 4.79 Å². The van der Waals surface area contributed by atoms with Gasteiger partial charge in [-0.2, -0.15) is 0 Å². The van der Waals surface area contributed by atoms with Crippen LogP contribution in [0.2, 0.25) is 0 Å². The Balaban J connectivity index is 0.000000902. The Kier molecular flexibility index (Phi) is 5.60. The molecule has 0 aliphatic carbocycles. The van der Waals surface area contributed by atoms with Gasteiger partial charge in [0.2, 0.25) is 0 Å². The second-order valence-corrected chi connectivity index (χ2v) is 4.30. The van der Waals surface area contributed by atoms with Crippen molar-refractivity contribution in [2.45, 2.75) is 12.5 Å². The summed E-state index contributed by atoms with van der Waals surface area (Å²) in [6.45, 7) is 1.84. The molecule has 0 radical (unpaired) electrons. The number of H-pyrrole nitrogens is 1. The van der Waals surface area contributed by atoms with Crippen molar-refractivity contribution in [3.8, 4) is 0 Å². The molecule has 0 spiro atoms. The van der Waals surface area contributed by atoms with Gasteiger partial charge < -0.3 is 15.6 Å². The quantitative estimate of drug-likeness (QED) is 0.787. The number of rotatable bonds is 2.